The summed E-state index contributed by atoms with van der Waals surface area (Å²) in [5.74, 6) is -0.334. The van der Waals surface area contributed by atoms with Crippen molar-refractivity contribution in [2.75, 3.05) is 33.4 Å². The van der Waals surface area contributed by atoms with Crippen LogP contribution in [0.4, 0.5) is 0 Å². The predicted molar refractivity (Wildman–Crippen MR) is 108 cm³/mol. The zero-order chi connectivity index (χ0) is 18.9. The van der Waals surface area contributed by atoms with Gasteiger partial charge in [-0.1, -0.05) is 22.4 Å². The van der Waals surface area contributed by atoms with Gasteiger partial charge in [-0.2, -0.15) is 0 Å². The highest BCUT2D eigenvalue weighted by molar-refractivity contribution is 9.10. The van der Waals surface area contributed by atoms with Crippen LogP contribution >= 0.6 is 15.9 Å². The van der Waals surface area contributed by atoms with Crippen molar-refractivity contribution in [3.8, 4) is 0 Å². The summed E-state index contributed by atoms with van der Waals surface area (Å²) in [6, 6.07) is 8.14. The van der Waals surface area contributed by atoms with Crippen LogP contribution in [0.5, 0.6) is 0 Å². The van der Waals surface area contributed by atoms with Crippen LogP contribution in [0.25, 0.3) is 0 Å². The smallest absolute Gasteiger partial charge is 0.253 e. The van der Waals surface area contributed by atoms with E-state index in [9.17, 15) is 4.79 Å². The van der Waals surface area contributed by atoms with Crippen LogP contribution in [0.2, 0.25) is 0 Å². The van der Waals surface area contributed by atoms with E-state index in [1.165, 1.54) is 19.3 Å². The minimum atomic E-state index is -0.430. The van der Waals surface area contributed by atoms with E-state index in [1.54, 1.807) is 0 Å². The molecule has 1 aromatic rings. The summed E-state index contributed by atoms with van der Waals surface area (Å²) in [5.41, 5.74) is 0.742. The number of carbonyl (C=O) groups is 1. The van der Waals surface area contributed by atoms with Gasteiger partial charge in [-0.05, 0) is 56.6 Å². The molecule has 2 saturated heterocycles. The second-order valence-corrected chi connectivity index (χ2v) is 8.92. The lowest BCUT2D eigenvalue weighted by atomic mass is 9.83. The Morgan fingerprint density at radius 3 is 2.48 bits per heavy atom. The average Bonchev–Trinajstić information content (AvgIpc) is 3.16. The van der Waals surface area contributed by atoms with Gasteiger partial charge in [0.2, 0.25) is 0 Å². The van der Waals surface area contributed by atoms with Gasteiger partial charge >= 0.3 is 0 Å². The van der Waals surface area contributed by atoms with E-state index in [0.29, 0.717) is 19.3 Å². The standard InChI is InChI=1S/C21H29BrN2O3/c1-23(20(25)16-5-7-17(22)8-6-16)18-9-10-21(26-13-14-27-21)15-19(18)24-11-3-2-4-12-24/h5-8,18-19H,2-4,9-15H2,1H3/t18-,19-/m0/s1. The Morgan fingerprint density at radius 1 is 1.15 bits per heavy atom. The Balaban J connectivity index is 1.54. The summed E-state index contributed by atoms with van der Waals surface area (Å²) in [6.07, 6.45) is 6.42. The van der Waals surface area contributed by atoms with Crippen LogP contribution < -0.4 is 0 Å². The van der Waals surface area contributed by atoms with Gasteiger partial charge in [0.05, 0.1) is 13.2 Å². The molecule has 5 nitrogen and oxygen atoms in total. The Bertz CT molecular complexity index is 654. The molecule has 0 bridgehead atoms. The summed E-state index contributed by atoms with van der Waals surface area (Å²) < 4.78 is 13.1. The summed E-state index contributed by atoms with van der Waals surface area (Å²) in [7, 11) is 1.96. The molecule has 1 amide bonds. The molecule has 1 spiro atoms. The summed E-state index contributed by atoms with van der Waals surface area (Å²) >= 11 is 3.44. The van der Waals surface area contributed by atoms with Crippen LogP contribution in [-0.2, 0) is 9.47 Å². The lowest BCUT2D eigenvalue weighted by Crippen LogP contribution is -2.59. The number of amides is 1. The fourth-order valence-corrected chi connectivity index (χ4v) is 5.16. The normalized spacial score (nSPS) is 28.4. The number of ether oxygens (including phenoxy) is 2. The van der Waals surface area contributed by atoms with Gasteiger partial charge in [-0.15, -0.1) is 0 Å². The van der Waals surface area contributed by atoms with Crippen molar-refractivity contribution in [3.05, 3.63) is 34.3 Å². The Morgan fingerprint density at radius 2 is 1.81 bits per heavy atom. The minimum Gasteiger partial charge on any atom is -0.347 e. The van der Waals surface area contributed by atoms with Gasteiger partial charge in [0.15, 0.2) is 5.79 Å². The predicted octanol–water partition coefficient (Wildman–Crippen LogP) is 3.67. The molecule has 27 heavy (non-hydrogen) atoms. The van der Waals surface area contributed by atoms with Gasteiger partial charge in [0.1, 0.15) is 0 Å². The van der Waals surface area contributed by atoms with E-state index in [-0.39, 0.29) is 11.9 Å². The number of piperidine rings is 1. The van der Waals surface area contributed by atoms with Crippen LogP contribution in [0.15, 0.2) is 28.7 Å². The molecule has 3 fully saturated rings. The van der Waals surface area contributed by atoms with Crippen molar-refractivity contribution in [1.82, 2.24) is 9.80 Å². The number of likely N-dealkylation sites (tertiary alicyclic amines) is 1. The largest absolute Gasteiger partial charge is 0.347 e. The molecule has 0 radical (unpaired) electrons. The number of halogens is 1. The van der Waals surface area contributed by atoms with Crippen molar-refractivity contribution in [1.29, 1.82) is 0 Å². The molecule has 6 heteroatoms. The molecule has 0 unspecified atom stereocenters. The van der Waals surface area contributed by atoms with Crippen molar-refractivity contribution in [2.45, 2.75) is 56.4 Å². The number of carbonyl (C=O) groups excluding carboxylic acids is 1. The highest BCUT2D eigenvalue weighted by Crippen LogP contribution is 2.40. The molecule has 1 saturated carbocycles. The lowest BCUT2D eigenvalue weighted by molar-refractivity contribution is -0.198. The lowest BCUT2D eigenvalue weighted by Gasteiger charge is -2.49. The fourth-order valence-electron chi connectivity index (χ4n) is 4.90. The highest BCUT2D eigenvalue weighted by atomic mass is 79.9. The number of hydrogen-bond donors (Lipinski definition) is 0. The molecule has 1 aromatic carbocycles. The van der Waals surface area contributed by atoms with Crippen molar-refractivity contribution in [3.63, 3.8) is 0 Å². The third kappa shape index (κ3) is 4.09. The molecule has 2 heterocycles. The fraction of sp³-hybridized carbons (Fsp3) is 0.667. The molecule has 148 valence electrons. The Kier molecular flexibility index (Phi) is 5.88. The van der Waals surface area contributed by atoms with Crippen LogP contribution in [0.3, 0.4) is 0 Å². The van der Waals surface area contributed by atoms with Gasteiger partial charge in [-0.3, -0.25) is 9.69 Å². The topological polar surface area (TPSA) is 42.0 Å². The van der Waals surface area contributed by atoms with Gasteiger partial charge in [-0.25, -0.2) is 0 Å². The maximum absolute atomic E-state index is 13.1. The molecule has 0 aromatic heterocycles. The molecule has 4 rings (SSSR count). The van der Waals surface area contributed by atoms with Crippen molar-refractivity contribution in [2.24, 2.45) is 0 Å². The first-order chi connectivity index (χ1) is 13.1. The first kappa shape index (κ1) is 19.4. The summed E-state index contributed by atoms with van der Waals surface area (Å²) in [4.78, 5) is 17.7. The molecule has 3 aliphatic rings. The Hall–Kier alpha value is -0.950. The molecule has 1 aliphatic carbocycles. The maximum Gasteiger partial charge on any atom is 0.253 e. The van der Waals surface area contributed by atoms with Gasteiger partial charge in [0.25, 0.3) is 5.91 Å². The molecular formula is C21H29BrN2O3. The first-order valence-electron chi connectivity index (χ1n) is 10.1. The van der Waals surface area contributed by atoms with E-state index in [2.05, 4.69) is 20.8 Å². The molecule has 0 N–H and O–H groups in total. The number of likely N-dealkylation sites (N-methyl/N-ethyl adjacent to an activating group) is 1. The van der Waals surface area contributed by atoms with Crippen LogP contribution in [-0.4, -0.2) is 66.9 Å². The second kappa shape index (κ2) is 8.19. The van der Waals surface area contributed by atoms with Crippen LogP contribution in [0, 0.1) is 0 Å². The molecule has 2 aliphatic heterocycles. The van der Waals surface area contributed by atoms with E-state index >= 15 is 0 Å². The quantitative estimate of drug-likeness (QED) is 0.724. The van der Waals surface area contributed by atoms with Gasteiger partial charge in [0, 0.05) is 42.0 Å². The SMILES string of the molecule is CN(C(=O)c1ccc(Br)cc1)[C@H]1CCC2(C[C@@H]1N1CCCCC1)OCCO2. The van der Waals surface area contributed by atoms with E-state index < -0.39 is 5.79 Å². The maximum atomic E-state index is 13.1. The summed E-state index contributed by atoms with van der Waals surface area (Å²) in [6.45, 7) is 3.59. The van der Waals surface area contributed by atoms with E-state index in [1.807, 2.05) is 36.2 Å². The molecule has 2 atom stereocenters. The summed E-state index contributed by atoms with van der Waals surface area (Å²) in [5, 5.41) is 0. The van der Waals surface area contributed by atoms with E-state index in [4.69, 9.17) is 9.47 Å². The monoisotopic (exact) mass is 436 g/mol. The Labute approximate surface area is 170 Å². The number of benzene rings is 1. The number of rotatable bonds is 3. The van der Waals surface area contributed by atoms with Gasteiger partial charge < -0.3 is 14.4 Å². The number of nitrogens with zero attached hydrogens (tertiary/aromatic N) is 2. The zero-order valence-corrected chi connectivity index (χ0v) is 17.6. The van der Waals surface area contributed by atoms with Crippen LogP contribution in [0.1, 0.15) is 48.9 Å². The van der Waals surface area contributed by atoms with Crippen molar-refractivity contribution >= 4 is 21.8 Å². The van der Waals surface area contributed by atoms with E-state index in [0.717, 1.165) is 42.4 Å². The third-order valence-electron chi connectivity index (χ3n) is 6.37. The minimum absolute atomic E-state index is 0.0960. The average molecular weight is 437 g/mol. The number of hydrogen-bond acceptors (Lipinski definition) is 4. The first-order valence-corrected chi connectivity index (χ1v) is 10.9. The van der Waals surface area contributed by atoms with Crippen molar-refractivity contribution < 1.29 is 14.3 Å². The zero-order valence-electron chi connectivity index (χ0n) is 16.0. The third-order valence-corrected chi connectivity index (χ3v) is 6.90. The second-order valence-electron chi connectivity index (χ2n) is 8.00. The molecular weight excluding hydrogens is 408 g/mol. The highest BCUT2D eigenvalue weighted by Gasteiger charge is 2.48.